The van der Waals surface area contributed by atoms with Crippen LogP contribution in [0.25, 0.3) is 0 Å². The second-order valence-electron chi connectivity index (χ2n) is 6.03. The molecule has 1 saturated heterocycles. The van der Waals surface area contributed by atoms with Crippen molar-refractivity contribution < 1.29 is 19.1 Å². The third-order valence-electron chi connectivity index (χ3n) is 4.40. The first-order chi connectivity index (χ1) is 10.1. The fraction of sp³-hybridized carbons (Fsp3) is 0.867. The van der Waals surface area contributed by atoms with Gasteiger partial charge in [-0.25, -0.2) is 4.79 Å². The maximum absolute atomic E-state index is 11.8. The zero-order valence-corrected chi connectivity index (χ0v) is 13.0. The number of hydrogen-bond donors (Lipinski definition) is 1. The molecule has 0 radical (unpaired) electrons. The molecule has 2 rings (SSSR count). The molecular formula is C15H26N2O4. The van der Waals surface area contributed by atoms with Crippen LogP contribution in [0.2, 0.25) is 0 Å². The van der Waals surface area contributed by atoms with Gasteiger partial charge >= 0.3 is 12.1 Å². The Kier molecular flexibility index (Phi) is 5.85. The van der Waals surface area contributed by atoms with E-state index in [2.05, 4.69) is 10.2 Å². The van der Waals surface area contributed by atoms with Gasteiger partial charge in [-0.15, -0.1) is 0 Å². The van der Waals surface area contributed by atoms with Crippen molar-refractivity contribution >= 4 is 12.1 Å². The number of rotatable bonds is 5. The zero-order valence-electron chi connectivity index (χ0n) is 13.0. The van der Waals surface area contributed by atoms with Crippen LogP contribution in [0.4, 0.5) is 4.79 Å². The van der Waals surface area contributed by atoms with E-state index >= 15 is 0 Å². The Bertz CT molecular complexity index is 371. The molecular weight excluding hydrogens is 272 g/mol. The van der Waals surface area contributed by atoms with Gasteiger partial charge in [-0.3, -0.25) is 4.79 Å². The third-order valence-corrected chi connectivity index (χ3v) is 4.40. The molecule has 21 heavy (non-hydrogen) atoms. The summed E-state index contributed by atoms with van der Waals surface area (Å²) in [5.41, 5.74) is 0. The van der Waals surface area contributed by atoms with Crippen LogP contribution in [-0.2, 0) is 14.3 Å². The molecule has 0 aromatic rings. The number of ether oxygens (including phenoxy) is 2. The highest BCUT2D eigenvalue weighted by atomic mass is 16.5. The minimum atomic E-state index is -0.406. The molecule has 0 aromatic heterocycles. The number of esters is 1. The first kappa shape index (κ1) is 16.1. The maximum Gasteiger partial charge on any atom is 0.407 e. The molecule has 0 aromatic carbocycles. The summed E-state index contributed by atoms with van der Waals surface area (Å²) in [5, 5.41) is 2.86. The maximum atomic E-state index is 11.8. The summed E-state index contributed by atoms with van der Waals surface area (Å²) in [4.78, 5) is 25.7. The van der Waals surface area contributed by atoms with Crippen LogP contribution in [0, 0.1) is 11.8 Å². The van der Waals surface area contributed by atoms with E-state index < -0.39 is 6.09 Å². The van der Waals surface area contributed by atoms with Gasteiger partial charge in [0.1, 0.15) is 0 Å². The van der Waals surface area contributed by atoms with Gasteiger partial charge in [-0.1, -0.05) is 6.42 Å². The minimum absolute atomic E-state index is 0.0537. The molecule has 1 N–H and O–H groups in total. The van der Waals surface area contributed by atoms with E-state index in [9.17, 15) is 9.59 Å². The topological polar surface area (TPSA) is 67.9 Å². The number of nitrogens with zero attached hydrogens (tertiary/aromatic N) is 1. The summed E-state index contributed by atoms with van der Waals surface area (Å²) in [6.07, 6.45) is 4.07. The highest BCUT2D eigenvalue weighted by Crippen LogP contribution is 2.29. The van der Waals surface area contributed by atoms with E-state index in [0.717, 1.165) is 25.6 Å². The summed E-state index contributed by atoms with van der Waals surface area (Å²) in [6, 6.07) is -0.0537. The van der Waals surface area contributed by atoms with Crippen molar-refractivity contribution in [2.24, 2.45) is 11.8 Å². The highest BCUT2D eigenvalue weighted by Gasteiger charge is 2.34. The summed E-state index contributed by atoms with van der Waals surface area (Å²) < 4.78 is 9.81. The predicted molar refractivity (Wildman–Crippen MR) is 77.8 cm³/mol. The third kappa shape index (κ3) is 4.59. The zero-order chi connectivity index (χ0) is 15.2. The monoisotopic (exact) mass is 298 g/mol. The Morgan fingerprint density at radius 2 is 2.05 bits per heavy atom. The fourth-order valence-electron chi connectivity index (χ4n) is 3.16. The smallest absolute Gasteiger partial charge is 0.407 e. The first-order valence-electron chi connectivity index (χ1n) is 7.85. The molecule has 1 amide bonds. The fourth-order valence-corrected chi connectivity index (χ4v) is 3.16. The van der Waals surface area contributed by atoms with Crippen molar-refractivity contribution in [1.29, 1.82) is 0 Å². The molecule has 1 heterocycles. The Labute approximate surface area is 126 Å². The average molecular weight is 298 g/mol. The van der Waals surface area contributed by atoms with E-state index in [1.54, 1.807) is 6.92 Å². The molecule has 2 aliphatic rings. The largest absolute Gasteiger partial charge is 0.469 e. The quantitative estimate of drug-likeness (QED) is 0.777. The van der Waals surface area contributed by atoms with Gasteiger partial charge in [0.05, 0.1) is 19.6 Å². The lowest BCUT2D eigenvalue weighted by Crippen LogP contribution is -2.53. The number of nitrogens with one attached hydrogen (secondary N) is 1. The SMILES string of the molecule is CCOC(=O)NC1CC(C(=O)OC)CN(CC2CCC2)C1. The van der Waals surface area contributed by atoms with Gasteiger partial charge in [0.25, 0.3) is 0 Å². The minimum Gasteiger partial charge on any atom is -0.469 e. The van der Waals surface area contributed by atoms with E-state index in [0.29, 0.717) is 13.0 Å². The standard InChI is InChI=1S/C15H26N2O4/c1-3-21-15(19)16-13-7-12(14(18)20-2)9-17(10-13)8-11-5-4-6-11/h11-13H,3-10H2,1-2H3,(H,16,19). The number of alkyl carbamates (subject to hydrolysis) is 1. The highest BCUT2D eigenvalue weighted by molar-refractivity contribution is 5.73. The molecule has 1 aliphatic carbocycles. The summed E-state index contributed by atoms with van der Waals surface area (Å²) in [7, 11) is 1.42. The van der Waals surface area contributed by atoms with Crippen molar-refractivity contribution in [3.8, 4) is 0 Å². The number of methoxy groups -OCH3 is 1. The van der Waals surface area contributed by atoms with E-state index in [-0.39, 0.29) is 17.9 Å². The Hall–Kier alpha value is -1.30. The molecule has 2 fully saturated rings. The number of carbonyl (C=O) groups is 2. The van der Waals surface area contributed by atoms with Crippen molar-refractivity contribution in [1.82, 2.24) is 10.2 Å². The lowest BCUT2D eigenvalue weighted by atomic mass is 9.84. The molecule has 0 spiro atoms. The molecule has 6 heteroatoms. The Morgan fingerprint density at radius 1 is 1.29 bits per heavy atom. The second-order valence-corrected chi connectivity index (χ2v) is 6.03. The molecule has 1 saturated carbocycles. The lowest BCUT2D eigenvalue weighted by molar-refractivity contribution is -0.147. The molecule has 1 aliphatic heterocycles. The van der Waals surface area contributed by atoms with Crippen LogP contribution in [0.3, 0.4) is 0 Å². The summed E-state index contributed by atoms with van der Waals surface area (Å²) >= 11 is 0. The molecule has 6 nitrogen and oxygen atoms in total. The summed E-state index contributed by atoms with van der Waals surface area (Å²) in [6.45, 7) is 4.65. The Morgan fingerprint density at radius 3 is 2.62 bits per heavy atom. The van der Waals surface area contributed by atoms with Crippen LogP contribution < -0.4 is 5.32 Å². The molecule has 120 valence electrons. The van der Waals surface area contributed by atoms with Crippen LogP contribution in [0.15, 0.2) is 0 Å². The number of likely N-dealkylation sites (tertiary alicyclic amines) is 1. The van der Waals surface area contributed by atoms with Gasteiger partial charge in [0.15, 0.2) is 0 Å². The van der Waals surface area contributed by atoms with E-state index in [1.807, 2.05) is 0 Å². The van der Waals surface area contributed by atoms with E-state index in [1.165, 1.54) is 26.4 Å². The number of piperidine rings is 1. The molecule has 2 unspecified atom stereocenters. The normalized spacial score (nSPS) is 26.8. The van der Waals surface area contributed by atoms with Gasteiger partial charge in [-0.2, -0.15) is 0 Å². The van der Waals surface area contributed by atoms with Gasteiger partial charge in [0.2, 0.25) is 0 Å². The average Bonchev–Trinajstić information content (AvgIpc) is 2.42. The van der Waals surface area contributed by atoms with Crippen molar-refractivity contribution in [3.05, 3.63) is 0 Å². The van der Waals surface area contributed by atoms with Gasteiger partial charge in [-0.05, 0) is 32.1 Å². The molecule has 0 bridgehead atoms. The van der Waals surface area contributed by atoms with Crippen molar-refractivity contribution in [3.63, 3.8) is 0 Å². The van der Waals surface area contributed by atoms with Crippen LogP contribution in [0.5, 0.6) is 0 Å². The summed E-state index contributed by atoms with van der Waals surface area (Å²) in [5.74, 6) is 0.379. The van der Waals surface area contributed by atoms with Crippen LogP contribution in [0.1, 0.15) is 32.6 Å². The van der Waals surface area contributed by atoms with Gasteiger partial charge < -0.3 is 19.7 Å². The molecule has 2 atom stereocenters. The van der Waals surface area contributed by atoms with Crippen molar-refractivity contribution in [2.45, 2.75) is 38.6 Å². The van der Waals surface area contributed by atoms with Crippen LogP contribution in [-0.4, -0.2) is 56.4 Å². The predicted octanol–water partition coefficient (Wildman–Crippen LogP) is 1.40. The second kappa shape index (κ2) is 7.64. The van der Waals surface area contributed by atoms with Crippen LogP contribution >= 0.6 is 0 Å². The number of amides is 1. The van der Waals surface area contributed by atoms with Gasteiger partial charge in [0, 0.05) is 25.7 Å². The van der Waals surface area contributed by atoms with Crippen molar-refractivity contribution in [2.75, 3.05) is 33.4 Å². The Balaban J connectivity index is 1.91. The lowest BCUT2D eigenvalue weighted by Gasteiger charge is -2.40. The number of carbonyl (C=O) groups excluding carboxylic acids is 2. The van der Waals surface area contributed by atoms with E-state index in [4.69, 9.17) is 9.47 Å². The first-order valence-corrected chi connectivity index (χ1v) is 7.85. The number of hydrogen-bond acceptors (Lipinski definition) is 5.